The van der Waals surface area contributed by atoms with E-state index in [-0.39, 0.29) is 11.9 Å². The van der Waals surface area contributed by atoms with Gasteiger partial charge in [-0.2, -0.15) is 0 Å². The van der Waals surface area contributed by atoms with Gasteiger partial charge in [-0.05, 0) is 56.9 Å². The predicted octanol–water partition coefficient (Wildman–Crippen LogP) is 3.77. The Bertz CT molecular complexity index is 785. The Morgan fingerprint density at radius 3 is 2.33 bits per heavy atom. The first kappa shape index (κ1) is 19.6. The number of carbonyl (C=O) groups excluding carboxylic acids is 1. The number of hydrogen-bond donors (Lipinski definition) is 2. The molecule has 144 valence electrons. The standard InChI is InChI=1S/C20H26BrN5O/c1-13-22-18(12-19(23-13)26(2)3)24-16-8-10-17(11-9-16)25-20(27)14-4-6-15(21)7-5-14/h4-7,12,16-17H,8-11H2,1-3H3,(H,25,27)(H,22,23,24)/t16-,17+. The smallest absolute Gasteiger partial charge is 0.251 e. The maximum absolute atomic E-state index is 12.4. The van der Waals surface area contributed by atoms with Gasteiger partial charge in [0, 0.05) is 42.3 Å². The fraction of sp³-hybridized carbons (Fsp3) is 0.450. The fourth-order valence-electron chi connectivity index (χ4n) is 3.32. The maximum atomic E-state index is 12.4. The van der Waals surface area contributed by atoms with Gasteiger partial charge in [0.05, 0.1) is 0 Å². The highest BCUT2D eigenvalue weighted by molar-refractivity contribution is 9.10. The first-order chi connectivity index (χ1) is 12.9. The molecular weight excluding hydrogens is 406 g/mol. The number of halogens is 1. The molecule has 0 saturated heterocycles. The van der Waals surface area contributed by atoms with Crippen molar-refractivity contribution < 1.29 is 4.79 Å². The van der Waals surface area contributed by atoms with E-state index in [1.54, 1.807) is 0 Å². The van der Waals surface area contributed by atoms with Crippen molar-refractivity contribution in [1.82, 2.24) is 15.3 Å². The van der Waals surface area contributed by atoms with E-state index in [0.29, 0.717) is 11.6 Å². The van der Waals surface area contributed by atoms with Gasteiger partial charge in [-0.3, -0.25) is 4.79 Å². The highest BCUT2D eigenvalue weighted by Crippen LogP contribution is 2.23. The Labute approximate surface area is 168 Å². The van der Waals surface area contributed by atoms with E-state index in [1.165, 1.54) is 0 Å². The summed E-state index contributed by atoms with van der Waals surface area (Å²) in [7, 11) is 3.95. The summed E-state index contributed by atoms with van der Waals surface area (Å²) in [6.45, 7) is 1.91. The summed E-state index contributed by atoms with van der Waals surface area (Å²) in [4.78, 5) is 23.3. The average Bonchev–Trinajstić information content (AvgIpc) is 2.63. The minimum Gasteiger partial charge on any atom is -0.367 e. The Morgan fingerprint density at radius 2 is 1.70 bits per heavy atom. The molecule has 1 aliphatic rings. The van der Waals surface area contributed by atoms with Crippen molar-refractivity contribution in [1.29, 1.82) is 0 Å². The van der Waals surface area contributed by atoms with E-state index in [4.69, 9.17) is 0 Å². The number of nitrogens with one attached hydrogen (secondary N) is 2. The SMILES string of the molecule is Cc1nc(N[C@H]2CC[C@@H](NC(=O)c3ccc(Br)cc3)CC2)cc(N(C)C)n1. The van der Waals surface area contributed by atoms with Crippen LogP contribution in [0.2, 0.25) is 0 Å². The van der Waals surface area contributed by atoms with Crippen LogP contribution in [0.1, 0.15) is 41.9 Å². The lowest BCUT2D eigenvalue weighted by atomic mass is 9.91. The minimum atomic E-state index is 0.000888. The lowest BCUT2D eigenvalue weighted by Crippen LogP contribution is -2.40. The van der Waals surface area contributed by atoms with Crippen molar-refractivity contribution in [3.63, 3.8) is 0 Å². The molecule has 0 radical (unpaired) electrons. The summed E-state index contributed by atoms with van der Waals surface area (Å²) in [5, 5.41) is 6.69. The van der Waals surface area contributed by atoms with Gasteiger partial charge in [-0.15, -0.1) is 0 Å². The quantitative estimate of drug-likeness (QED) is 0.753. The van der Waals surface area contributed by atoms with Crippen LogP contribution in [0.25, 0.3) is 0 Å². The molecule has 0 unspecified atom stereocenters. The molecule has 1 amide bonds. The molecule has 2 aromatic rings. The molecule has 0 aliphatic heterocycles. The number of amides is 1. The average molecular weight is 432 g/mol. The summed E-state index contributed by atoms with van der Waals surface area (Å²) in [6.07, 6.45) is 3.94. The largest absolute Gasteiger partial charge is 0.367 e. The predicted molar refractivity (Wildman–Crippen MR) is 112 cm³/mol. The second kappa shape index (κ2) is 8.69. The maximum Gasteiger partial charge on any atom is 0.251 e. The van der Waals surface area contributed by atoms with Crippen molar-refractivity contribution in [3.05, 3.63) is 46.2 Å². The Morgan fingerprint density at radius 1 is 1.07 bits per heavy atom. The van der Waals surface area contributed by atoms with Gasteiger partial charge in [0.2, 0.25) is 0 Å². The number of aromatic nitrogens is 2. The van der Waals surface area contributed by atoms with Crippen LogP contribution in [-0.2, 0) is 0 Å². The molecule has 1 heterocycles. The summed E-state index contributed by atoms with van der Waals surface area (Å²) in [5.41, 5.74) is 0.700. The van der Waals surface area contributed by atoms with Crippen molar-refractivity contribution >= 4 is 33.5 Å². The van der Waals surface area contributed by atoms with Crippen LogP contribution < -0.4 is 15.5 Å². The normalized spacial score (nSPS) is 19.4. The van der Waals surface area contributed by atoms with Crippen LogP contribution in [0.15, 0.2) is 34.8 Å². The molecule has 2 N–H and O–H groups in total. The zero-order valence-corrected chi connectivity index (χ0v) is 17.6. The molecular formula is C20H26BrN5O. The third-order valence-electron chi connectivity index (χ3n) is 4.80. The van der Waals surface area contributed by atoms with E-state index < -0.39 is 0 Å². The summed E-state index contributed by atoms with van der Waals surface area (Å²) in [6, 6.07) is 10.0. The monoisotopic (exact) mass is 431 g/mol. The zero-order chi connectivity index (χ0) is 19.4. The fourth-order valence-corrected chi connectivity index (χ4v) is 3.58. The molecule has 1 aromatic heterocycles. The molecule has 1 saturated carbocycles. The summed E-state index contributed by atoms with van der Waals surface area (Å²) >= 11 is 3.39. The van der Waals surface area contributed by atoms with Crippen molar-refractivity contribution in [3.8, 4) is 0 Å². The van der Waals surface area contributed by atoms with E-state index in [0.717, 1.165) is 47.6 Å². The Hall–Kier alpha value is -2.15. The molecule has 1 aromatic carbocycles. The number of benzene rings is 1. The van der Waals surface area contributed by atoms with Crippen molar-refractivity contribution in [2.45, 2.75) is 44.7 Å². The molecule has 27 heavy (non-hydrogen) atoms. The van der Waals surface area contributed by atoms with Gasteiger partial charge in [-0.1, -0.05) is 15.9 Å². The second-order valence-electron chi connectivity index (χ2n) is 7.23. The van der Waals surface area contributed by atoms with Gasteiger partial charge in [-0.25, -0.2) is 9.97 Å². The Kier molecular flexibility index (Phi) is 6.31. The summed E-state index contributed by atoms with van der Waals surface area (Å²) < 4.78 is 0.975. The molecule has 0 bridgehead atoms. The van der Waals surface area contributed by atoms with Crippen LogP contribution in [-0.4, -0.2) is 42.1 Å². The van der Waals surface area contributed by atoms with E-state index >= 15 is 0 Å². The Balaban J connectivity index is 1.52. The van der Waals surface area contributed by atoms with Crippen LogP contribution >= 0.6 is 15.9 Å². The van der Waals surface area contributed by atoms with Gasteiger partial charge in [0.15, 0.2) is 0 Å². The zero-order valence-electron chi connectivity index (χ0n) is 16.0. The van der Waals surface area contributed by atoms with Gasteiger partial charge in [0.25, 0.3) is 5.91 Å². The van der Waals surface area contributed by atoms with E-state index in [9.17, 15) is 4.79 Å². The number of rotatable bonds is 5. The molecule has 0 atom stereocenters. The summed E-state index contributed by atoms with van der Waals surface area (Å²) in [5.74, 6) is 2.54. The molecule has 0 spiro atoms. The molecule has 1 aliphatic carbocycles. The topological polar surface area (TPSA) is 70.2 Å². The lowest BCUT2D eigenvalue weighted by molar-refractivity contribution is 0.0926. The van der Waals surface area contributed by atoms with Gasteiger partial charge < -0.3 is 15.5 Å². The number of hydrogen-bond acceptors (Lipinski definition) is 5. The third-order valence-corrected chi connectivity index (χ3v) is 5.33. The van der Waals surface area contributed by atoms with Crippen LogP contribution in [0, 0.1) is 6.92 Å². The first-order valence-corrected chi connectivity index (χ1v) is 10.1. The molecule has 6 nitrogen and oxygen atoms in total. The number of nitrogens with zero attached hydrogens (tertiary/aromatic N) is 3. The van der Waals surface area contributed by atoms with Crippen molar-refractivity contribution in [2.75, 3.05) is 24.3 Å². The van der Waals surface area contributed by atoms with Crippen LogP contribution in [0.4, 0.5) is 11.6 Å². The minimum absolute atomic E-state index is 0.000888. The van der Waals surface area contributed by atoms with E-state index in [2.05, 4.69) is 36.5 Å². The molecule has 3 rings (SSSR count). The van der Waals surface area contributed by atoms with E-state index in [1.807, 2.05) is 56.3 Å². The highest BCUT2D eigenvalue weighted by atomic mass is 79.9. The van der Waals surface area contributed by atoms with Gasteiger partial charge in [0.1, 0.15) is 17.5 Å². The number of anilines is 2. The number of aryl methyl sites for hydroxylation is 1. The third kappa shape index (κ3) is 5.42. The second-order valence-corrected chi connectivity index (χ2v) is 8.14. The number of carbonyl (C=O) groups is 1. The first-order valence-electron chi connectivity index (χ1n) is 9.26. The molecule has 1 fully saturated rings. The van der Waals surface area contributed by atoms with Gasteiger partial charge >= 0.3 is 0 Å². The van der Waals surface area contributed by atoms with Crippen LogP contribution in [0.3, 0.4) is 0 Å². The van der Waals surface area contributed by atoms with Crippen molar-refractivity contribution in [2.24, 2.45) is 0 Å². The molecule has 7 heteroatoms. The van der Waals surface area contributed by atoms with Crippen LogP contribution in [0.5, 0.6) is 0 Å². The highest BCUT2D eigenvalue weighted by Gasteiger charge is 2.23. The lowest BCUT2D eigenvalue weighted by Gasteiger charge is -2.30.